The Bertz CT molecular complexity index is 233. The SMILES string of the molecule is NCC1(CNC(=O)C2CCOCC2)CC1. The molecule has 0 aromatic rings. The third-order valence-electron chi connectivity index (χ3n) is 3.62. The Labute approximate surface area is 90.5 Å². The molecule has 15 heavy (non-hydrogen) atoms. The number of carbonyl (C=O) groups excluding carboxylic acids is 1. The lowest BCUT2D eigenvalue weighted by Gasteiger charge is -2.22. The third kappa shape index (κ3) is 2.69. The first kappa shape index (κ1) is 10.9. The monoisotopic (exact) mass is 212 g/mol. The van der Waals surface area contributed by atoms with E-state index in [-0.39, 0.29) is 17.2 Å². The van der Waals surface area contributed by atoms with Crippen LogP contribution >= 0.6 is 0 Å². The van der Waals surface area contributed by atoms with Crippen LogP contribution in [0.15, 0.2) is 0 Å². The molecule has 3 N–H and O–H groups in total. The fourth-order valence-corrected chi connectivity index (χ4v) is 2.01. The van der Waals surface area contributed by atoms with Gasteiger partial charge < -0.3 is 15.8 Å². The molecule has 0 atom stereocenters. The number of amides is 1. The van der Waals surface area contributed by atoms with Gasteiger partial charge in [0.15, 0.2) is 0 Å². The molecule has 0 aromatic heterocycles. The van der Waals surface area contributed by atoms with Gasteiger partial charge in [-0.15, -0.1) is 0 Å². The molecule has 1 amide bonds. The smallest absolute Gasteiger partial charge is 0.223 e. The zero-order valence-corrected chi connectivity index (χ0v) is 9.13. The van der Waals surface area contributed by atoms with Gasteiger partial charge in [0.1, 0.15) is 0 Å². The molecule has 0 bridgehead atoms. The number of ether oxygens (including phenoxy) is 1. The molecule has 1 heterocycles. The van der Waals surface area contributed by atoms with Gasteiger partial charge in [0.05, 0.1) is 0 Å². The Kier molecular flexibility index (Phi) is 3.26. The summed E-state index contributed by atoms with van der Waals surface area (Å²) in [5, 5.41) is 3.03. The van der Waals surface area contributed by atoms with Crippen LogP contribution in [0.25, 0.3) is 0 Å². The van der Waals surface area contributed by atoms with Gasteiger partial charge in [0.25, 0.3) is 0 Å². The predicted molar refractivity (Wildman–Crippen MR) is 57.3 cm³/mol. The highest BCUT2D eigenvalue weighted by Gasteiger charge is 2.41. The van der Waals surface area contributed by atoms with Crippen LogP contribution in [0.5, 0.6) is 0 Å². The third-order valence-corrected chi connectivity index (χ3v) is 3.62. The molecular formula is C11H20N2O2. The van der Waals surface area contributed by atoms with Gasteiger partial charge in [-0.1, -0.05) is 0 Å². The van der Waals surface area contributed by atoms with E-state index in [4.69, 9.17) is 10.5 Å². The van der Waals surface area contributed by atoms with E-state index in [0.29, 0.717) is 6.54 Å². The number of rotatable bonds is 4. The highest BCUT2D eigenvalue weighted by molar-refractivity contribution is 5.78. The molecule has 0 spiro atoms. The van der Waals surface area contributed by atoms with E-state index >= 15 is 0 Å². The van der Waals surface area contributed by atoms with Crippen LogP contribution in [0.2, 0.25) is 0 Å². The lowest BCUT2D eigenvalue weighted by Crippen LogP contribution is -2.39. The summed E-state index contributed by atoms with van der Waals surface area (Å²) >= 11 is 0. The van der Waals surface area contributed by atoms with Crippen LogP contribution in [0.1, 0.15) is 25.7 Å². The molecule has 0 radical (unpaired) electrons. The number of hydrogen-bond acceptors (Lipinski definition) is 3. The molecular weight excluding hydrogens is 192 g/mol. The molecule has 0 aromatic carbocycles. The molecule has 4 nitrogen and oxygen atoms in total. The quantitative estimate of drug-likeness (QED) is 0.703. The van der Waals surface area contributed by atoms with E-state index < -0.39 is 0 Å². The minimum absolute atomic E-state index is 0.160. The number of nitrogens with two attached hydrogens (primary N) is 1. The molecule has 1 saturated carbocycles. The summed E-state index contributed by atoms with van der Waals surface area (Å²) in [5.41, 5.74) is 5.90. The van der Waals surface area contributed by atoms with Crippen LogP contribution < -0.4 is 11.1 Å². The van der Waals surface area contributed by atoms with Crippen molar-refractivity contribution in [2.75, 3.05) is 26.3 Å². The molecule has 2 fully saturated rings. The molecule has 1 aliphatic heterocycles. The maximum atomic E-state index is 11.8. The zero-order valence-electron chi connectivity index (χ0n) is 9.13. The van der Waals surface area contributed by atoms with Gasteiger partial charge in [-0.3, -0.25) is 4.79 Å². The van der Waals surface area contributed by atoms with Crippen molar-refractivity contribution in [3.05, 3.63) is 0 Å². The fraction of sp³-hybridized carbons (Fsp3) is 0.909. The Hall–Kier alpha value is -0.610. The largest absolute Gasteiger partial charge is 0.381 e. The standard InChI is InChI=1S/C11H20N2O2/c12-7-11(3-4-11)8-13-10(14)9-1-5-15-6-2-9/h9H,1-8,12H2,(H,13,14). The molecule has 86 valence electrons. The van der Waals surface area contributed by atoms with Gasteiger partial charge in [0.2, 0.25) is 5.91 Å². The van der Waals surface area contributed by atoms with Crippen molar-refractivity contribution >= 4 is 5.91 Å². The zero-order chi connectivity index (χ0) is 10.7. The van der Waals surface area contributed by atoms with E-state index in [1.807, 2.05) is 0 Å². The number of hydrogen-bond donors (Lipinski definition) is 2. The fourth-order valence-electron chi connectivity index (χ4n) is 2.01. The average molecular weight is 212 g/mol. The van der Waals surface area contributed by atoms with E-state index in [0.717, 1.165) is 45.4 Å². The molecule has 4 heteroatoms. The van der Waals surface area contributed by atoms with E-state index in [2.05, 4.69) is 5.32 Å². The first-order valence-corrected chi connectivity index (χ1v) is 5.81. The Morgan fingerprint density at radius 2 is 2.07 bits per heavy atom. The van der Waals surface area contributed by atoms with Crippen LogP contribution in [-0.4, -0.2) is 32.2 Å². The second-order valence-corrected chi connectivity index (χ2v) is 4.81. The lowest BCUT2D eigenvalue weighted by atomic mass is 9.99. The summed E-state index contributed by atoms with van der Waals surface area (Å²) in [6.07, 6.45) is 4.05. The van der Waals surface area contributed by atoms with E-state index in [9.17, 15) is 4.79 Å². The van der Waals surface area contributed by atoms with Crippen molar-refractivity contribution < 1.29 is 9.53 Å². The highest BCUT2D eigenvalue weighted by atomic mass is 16.5. The summed E-state index contributed by atoms with van der Waals surface area (Å²) < 4.78 is 5.23. The summed E-state index contributed by atoms with van der Waals surface area (Å²) in [5.74, 6) is 0.352. The van der Waals surface area contributed by atoms with Gasteiger partial charge in [0, 0.05) is 25.7 Å². The topological polar surface area (TPSA) is 64.3 Å². The Morgan fingerprint density at radius 3 is 2.60 bits per heavy atom. The summed E-state index contributed by atoms with van der Waals surface area (Å²) in [6.45, 7) is 2.90. The Morgan fingerprint density at radius 1 is 1.40 bits per heavy atom. The van der Waals surface area contributed by atoms with E-state index in [1.165, 1.54) is 0 Å². The number of carbonyl (C=O) groups is 1. The van der Waals surface area contributed by atoms with Crippen LogP contribution in [0.3, 0.4) is 0 Å². The van der Waals surface area contributed by atoms with E-state index in [1.54, 1.807) is 0 Å². The first-order chi connectivity index (χ1) is 7.26. The number of nitrogens with one attached hydrogen (secondary N) is 1. The predicted octanol–water partition coefficient (Wildman–Crippen LogP) is 0.268. The van der Waals surface area contributed by atoms with Gasteiger partial charge in [-0.05, 0) is 37.6 Å². The molecule has 0 unspecified atom stereocenters. The summed E-state index contributed by atoms with van der Waals surface area (Å²) in [6, 6.07) is 0. The molecule has 1 saturated heterocycles. The van der Waals surface area contributed by atoms with Gasteiger partial charge >= 0.3 is 0 Å². The van der Waals surface area contributed by atoms with Crippen molar-refractivity contribution in [1.29, 1.82) is 0 Å². The maximum Gasteiger partial charge on any atom is 0.223 e. The lowest BCUT2D eigenvalue weighted by molar-refractivity contribution is -0.128. The van der Waals surface area contributed by atoms with Crippen molar-refractivity contribution in [3.63, 3.8) is 0 Å². The average Bonchev–Trinajstić information content (AvgIpc) is 3.08. The minimum Gasteiger partial charge on any atom is -0.381 e. The summed E-state index contributed by atoms with van der Waals surface area (Å²) in [4.78, 5) is 11.8. The van der Waals surface area contributed by atoms with Gasteiger partial charge in [-0.25, -0.2) is 0 Å². The molecule has 1 aliphatic carbocycles. The highest BCUT2D eigenvalue weighted by Crippen LogP contribution is 2.43. The van der Waals surface area contributed by atoms with Crippen LogP contribution in [0.4, 0.5) is 0 Å². The normalized spacial score (nSPS) is 24.9. The second-order valence-electron chi connectivity index (χ2n) is 4.81. The second kappa shape index (κ2) is 4.49. The maximum absolute atomic E-state index is 11.8. The van der Waals surface area contributed by atoms with Crippen molar-refractivity contribution in [3.8, 4) is 0 Å². The van der Waals surface area contributed by atoms with Crippen molar-refractivity contribution in [2.45, 2.75) is 25.7 Å². The van der Waals surface area contributed by atoms with Crippen molar-refractivity contribution in [2.24, 2.45) is 17.1 Å². The molecule has 2 rings (SSSR count). The van der Waals surface area contributed by atoms with Crippen LogP contribution in [-0.2, 0) is 9.53 Å². The van der Waals surface area contributed by atoms with Crippen molar-refractivity contribution in [1.82, 2.24) is 5.32 Å². The Balaban J connectivity index is 1.72. The van der Waals surface area contributed by atoms with Crippen LogP contribution in [0, 0.1) is 11.3 Å². The summed E-state index contributed by atoms with van der Waals surface area (Å²) in [7, 11) is 0. The van der Waals surface area contributed by atoms with Gasteiger partial charge in [-0.2, -0.15) is 0 Å². The minimum atomic E-state index is 0.160. The molecule has 2 aliphatic rings. The first-order valence-electron chi connectivity index (χ1n) is 5.81.